The molecule has 0 aromatic heterocycles. The summed E-state index contributed by atoms with van der Waals surface area (Å²) >= 11 is 0. The number of nitrogens with zero attached hydrogens (tertiary/aromatic N) is 1. The number of rotatable bonds is 6. The Labute approximate surface area is 109 Å². The molecule has 2 rings (SSSR count). The van der Waals surface area contributed by atoms with Gasteiger partial charge in [0.05, 0.1) is 11.7 Å². The molecule has 0 saturated carbocycles. The van der Waals surface area contributed by atoms with Crippen LogP contribution >= 0.6 is 0 Å². The van der Waals surface area contributed by atoms with Crippen LogP contribution in [0.2, 0.25) is 0 Å². The first-order valence-electron chi connectivity index (χ1n) is 7.09. The van der Waals surface area contributed by atoms with Gasteiger partial charge in [-0.25, -0.2) is 0 Å². The molecule has 102 valence electrons. The van der Waals surface area contributed by atoms with Crippen LogP contribution in [-0.2, 0) is 14.3 Å². The summed E-state index contributed by atoms with van der Waals surface area (Å²) in [6.45, 7) is 6.93. The molecule has 2 saturated heterocycles. The minimum atomic E-state index is -0.0160. The molecule has 2 aliphatic rings. The first kappa shape index (κ1) is 13.5. The van der Waals surface area contributed by atoms with Crippen molar-refractivity contribution in [2.45, 2.75) is 64.6 Å². The number of ether oxygens (including phenoxy) is 1. The molecule has 0 spiro atoms. The lowest BCUT2D eigenvalue weighted by Gasteiger charge is -2.21. The molecule has 4 heteroatoms. The number of imide groups is 1. The number of hydrogen-bond acceptors (Lipinski definition) is 3. The number of carbonyl (C=O) groups is 2. The summed E-state index contributed by atoms with van der Waals surface area (Å²) in [6.07, 6.45) is 3.95. The van der Waals surface area contributed by atoms with Crippen LogP contribution in [0.1, 0.15) is 52.9 Å². The van der Waals surface area contributed by atoms with E-state index in [0.29, 0.717) is 19.4 Å². The summed E-state index contributed by atoms with van der Waals surface area (Å²) in [7, 11) is 0. The van der Waals surface area contributed by atoms with E-state index in [4.69, 9.17) is 4.74 Å². The minimum Gasteiger partial charge on any atom is -0.366 e. The second-order valence-corrected chi connectivity index (χ2v) is 5.38. The van der Waals surface area contributed by atoms with Gasteiger partial charge in [-0.1, -0.05) is 20.8 Å². The molecule has 0 aromatic rings. The van der Waals surface area contributed by atoms with Gasteiger partial charge in [0.2, 0.25) is 11.8 Å². The van der Waals surface area contributed by atoms with Crippen LogP contribution < -0.4 is 0 Å². The van der Waals surface area contributed by atoms with Crippen molar-refractivity contribution in [2.24, 2.45) is 5.92 Å². The van der Waals surface area contributed by atoms with Crippen molar-refractivity contribution >= 4 is 11.8 Å². The van der Waals surface area contributed by atoms with Crippen molar-refractivity contribution in [1.29, 1.82) is 0 Å². The van der Waals surface area contributed by atoms with Crippen LogP contribution in [0.5, 0.6) is 0 Å². The highest BCUT2D eigenvalue weighted by Crippen LogP contribution is 2.47. The number of carbonyl (C=O) groups excluding carboxylic acids is 2. The molecule has 2 heterocycles. The molecule has 0 N–H and O–H groups in total. The van der Waals surface area contributed by atoms with E-state index in [-0.39, 0.29) is 29.4 Å². The summed E-state index contributed by atoms with van der Waals surface area (Å²) in [5.74, 6) is 0.256. The van der Waals surface area contributed by atoms with E-state index in [2.05, 4.69) is 20.8 Å². The van der Waals surface area contributed by atoms with E-state index in [1.165, 1.54) is 4.90 Å². The van der Waals surface area contributed by atoms with Crippen LogP contribution in [0, 0.1) is 5.92 Å². The van der Waals surface area contributed by atoms with Crippen LogP contribution in [0.15, 0.2) is 0 Å². The second kappa shape index (κ2) is 5.00. The fourth-order valence-electron chi connectivity index (χ4n) is 3.06. The van der Waals surface area contributed by atoms with E-state index >= 15 is 0 Å². The SMILES string of the molecule is CCC(CN1C(=O)CCC1=O)C1OC1(CC)CC. The van der Waals surface area contributed by atoms with Gasteiger partial charge in [0.1, 0.15) is 0 Å². The van der Waals surface area contributed by atoms with Crippen molar-refractivity contribution in [2.75, 3.05) is 6.54 Å². The van der Waals surface area contributed by atoms with Gasteiger partial charge in [-0.15, -0.1) is 0 Å². The van der Waals surface area contributed by atoms with E-state index in [0.717, 1.165) is 19.3 Å². The zero-order chi connectivity index (χ0) is 13.3. The lowest BCUT2D eigenvalue weighted by atomic mass is 9.89. The van der Waals surface area contributed by atoms with Gasteiger partial charge < -0.3 is 4.74 Å². The molecule has 4 nitrogen and oxygen atoms in total. The maximum absolute atomic E-state index is 11.6. The van der Waals surface area contributed by atoms with Gasteiger partial charge in [-0.3, -0.25) is 14.5 Å². The topological polar surface area (TPSA) is 49.9 Å². The number of hydrogen-bond donors (Lipinski definition) is 0. The van der Waals surface area contributed by atoms with Crippen molar-refractivity contribution in [3.05, 3.63) is 0 Å². The molecule has 0 aliphatic carbocycles. The summed E-state index contributed by atoms with van der Waals surface area (Å²) in [5, 5.41) is 0. The smallest absolute Gasteiger partial charge is 0.229 e. The summed E-state index contributed by atoms with van der Waals surface area (Å²) < 4.78 is 5.89. The highest BCUT2D eigenvalue weighted by molar-refractivity contribution is 6.01. The van der Waals surface area contributed by atoms with E-state index in [9.17, 15) is 9.59 Å². The highest BCUT2D eigenvalue weighted by Gasteiger charge is 2.56. The lowest BCUT2D eigenvalue weighted by molar-refractivity contribution is -0.139. The number of likely N-dealkylation sites (tertiary alicyclic amines) is 1. The molecule has 0 aromatic carbocycles. The van der Waals surface area contributed by atoms with Gasteiger partial charge in [-0.2, -0.15) is 0 Å². The quantitative estimate of drug-likeness (QED) is 0.538. The molecular formula is C14H23NO3. The Hall–Kier alpha value is -0.900. The highest BCUT2D eigenvalue weighted by atomic mass is 16.6. The van der Waals surface area contributed by atoms with Crippen LogP contribution in [0.25, 0.3) is 0 Å². The summed E-state index contributed by atoms with van der Waals surface area (Å²) in [4.78, 5) is 24.7. The lowest BCUT2D eigenvalue weighted by Crippen LogP contribution is -2.37. The standard InChI is InChI=1S/C14H23NO3/c1-4-10(13-14(5-2,6-3)18-13)9-15-11(16)7-8-12(15)17/h10,13H,4-9H2,1-3H3. The van der Waals surface area contributed by atoms with Crippen LogP contribution in [0.4, 0.5) is 0 Å². The van der Waals surface area contributed by atoms with Crippen molar-refractivity contribution in [3.8, 4) is 0 Å². The second-order valence-electron chi connectivity index (χ2n) is 5.38. The molecule has 2 aliphatic heterocycles. The normalized spacial score (nSPS) is 27.7. The van der Waals surface area contributed by atoms with E-state index in [1.54, 1.807) is 0 Å². The monoisotopic (exact) mass is 253 g/mol. The first-order chi connectivity index (χ1) is 8.57. The van der Waals surface area contributed by atoms with Gasteiger partial charge >= 0.3 is 0 Å². The Balaban J connectivity index is 1.99. The van der Waals surface area contributed by atoms with Crippen molar-refractivity contribution < 1.29 is 14.3 Å². The third kappa shape index (κ3) is 2.18. The van der Waals surface area contributed by atoms with Gasteiger partial charge in [0, 0.05) is 25.3 Å². The average molecular weight is 253 g/mol. The molecule has 0 radical (unpaired) electrons. The molecule has 2 unspecified atom stereocenters. The Bertz CT molecular complexity index is 333. The molecule has 18 heavy (non-hydrogen) atoms. The molecule has 2 amide bonds. The summed E-state index contributed by atoms with van der Waals surface area (Å²) in [5.41, 5.74) is 0.00644. The number of amides is 2. The van der Waals surface area contributed by atoms with Crippen molar-refractivity contribution in [3.63, 3.8) is 0 Å². The minimum absolute atomic E-state index is 0.00644. The predicted molar refractivity (Wildman–Crippen MR) is 67.9 cm³/mol. The zero-order valence-electron chi connectivity index (χ0n) is 11.6. The fraction of sp³-hybridized carbons (Fsp3) is 0.857. The van der Waals surface area contributed by atoms with Crippen LogP contribution in [-0.4, -0.2) is 35.0 Å². The number of epoxide rings is 1. The van der Waals surface area contributed by atoms with Crippen LogP contribution in [0.3, 0.4) is 0 Å². The first-order valence-corrected chi connectivity index (χ1v) is 7.09. The largest absolute Gasteiger partial charge is 0.366 e. The Morgan fingerprint density at radius 3 is 2.17 bits per heavy atom. The Kier molecular flexibility index (Phi) is 3.76. The average Bonchev–Trinajstić information content (AvgIpc) is 3.04. The molecule has 0 bridgehead atoms. The third-order valence-corrected chi connectivity index (χ3v) is 4.54. The molecule has 2 atom stereocenters. The Morgan fingerprint density at radius 1 is 1.22 bits per heavy atom. The summed E-state index contributed by atoms with van der Waals surface area (Å²) in [6, 6.07) is 0. The van der Waals surface area contributed by atoms with E-state index < -0.39 is 0 Å². The Morgan fingerprint density at radius 2 is 1.78 bits per heavy atom. The van der Waals surface area contributed by atoms with Gasteiger partial charge in [0.25, 0.3) is 0 Å². The van der Waals surface area contributed by atoms with Gasteiger partial charge in [-0.05, 0) is 19.3 Å². The fourth-order valence-corrected chi connectivity index (χ4v) is 3.06. The zero-order valence-corrected chi connectivity index (χ0v) is 11.6. The maximum Gasteiger partial charge on any atom is 0.229 e. The van der Waals surface area contributed by atoms with Gasteiger partial charge in [0.15, 0.2) is 0 Å². The predicted octanol–water partition coefficient (Wildman–Crippen LogP) is 2.12. The van der Waals surface area contributed by atoms with E-state index in [1.807, 2.05) is 0 Å². The van der Waals surface area contributed by atoms with Crippen molar-refractivity contribution in [1.82, 2.24) is 4.90 Å². The maximum atomic E-state index is 11.6. The molecular weight excluding hydrogens is 230 g/mol. The molecule has 2 fully saturated rings. The third-order valence-electron chi connectivity index (χ3n) is 4.54.